The molecule has 0 atom stereocenters. The zero-order valence-electron chi connectivity index (χ0n) is 20.0. The molecule has 7 heteroatoms. The molecule has 1 saturated heterocycles. The maximum Gasteiger partial charge on any atom is 0.260 e. The van der Waals surface area contributed by atoms with Crippen molar-refractivity contribution in [2.75, 3.05) is 36.0 Å². The van der Waals surface area contributed by atoms with Gasteiger partial charge in [0.05, 0.1) is 12.1 Å². The minimum atomic E-state index is -0.345. The number of hydrogen-bond donors (Lipinski definition) is 0. The van der Waals surface area contributed by atoms with E-state index in [-0.39, 0.29) is 11.7 Å². The molecule has 0 aliphatic carbocycles. The van der Waals surface area contributed by atoms with Crippen LogP contribution in [0.15, 0.2) is 97.5 Å². The van der Waals surface area contributed by atoms with Crippen LogP contribution in [0.2, 0.25) is 0 Å². The molecule has 5 rings (SSSR count). The predicted molar refractivity (Wildman–Crippen MR) is 139 cm³/mol. The van der Waals surface area contributed by atoms with Gasteiger partial charge in [0.2, 0.25) is 0 Å². The van der Waals surface area contributed by atoms with Crippen molar-refractivity contribution in [2.24, 2.45) is 0 Å². The molecule has 0 bridgehead atoms. The Balaban J connectivity index is 1.25. The van der Waals surface area contributed by atoms with Gasteiger partial charge in [-0.15, -0.1) is 0 Å². The quantitative estimate of drug-likeness (QED) is 0.380. The Kier molecular flexibility index (Phi) is 7.28. The van der Waals surface area contributed by atoms with Crippen LogP contribution in [0.5, 0.6) is 0 Å². The highest BCUT2D eigenvalue weighted by molar-refractivity contribution is 6.05. The van der Waals surface area contributed by atoms with Crippen molar-refractivity contribution in [1.29, 1.82) is 0 Å². The summed E-state index contributed by atoms with van der Waals surface area (Å²) in [5.74, 6) is 0.390. The van der Waals surface area contributed by atoms with Crippen molar-refractivity contribution in [2.45, 2.75) is 13.1 Å². The van der Waals surface area contributed by atoms with Gasteiger partial charge in [-0.2, -0.15) is 0 Å². The molecule has 182 valence electrons. The van der Waals surface area contributed by atoms with Gasteiger partial charge in [0, 0.05) is 57.0 Å². The Morgan fingerprint density at radius 2 is 1.61 bits per heavy atom. The van der Waals surface area contributed by atoms with Crippen LogP contribution in [0, 0.1) is 5.82 Å². The summed E-state index contributed by atoms with van der Waals surface area (Å²) in [6, 6.07) is 24.0. The molecular weight excluding hydrogens is 453 g/mol. The van der Waals surface area contributed by atoms with Crippen LogP contribution in [0.25, 0.3) is 0 Å². The van der Waals surface area contributed by atoms with Crippen LogP contribution in [0.1, 0.15) is 21.5 Å². The zero-order valence-corrected chi connectivity index (χ0v) is 20.0. The topological polar surface area (TPSA) is 52.6 Å². The largest absolute Gasteiger partial charge is 0.354 e. The molecule has 1 aliphatic heterocycles. The van der Waals surface area contributed by atoms with E-state index >= 15 is 0 Å². The van der Waals surface area contributed by atoms with Gasteiger partial charge in [0.15, 0.2) is 0 Å². The summed E-state index contributed by atoms with van der Waals surface area (Å²) < 4.78 is 13.5. The van der Waals surface area contributed by atoms with Gasteiger partial charge in [-0.05, 0) is 53.6 Å². The summed E-state index contributed by atoms with van der Waals surface area (Å²) in [7, 11) is 0. The number of rotatable bonds is 7. The maximum atomic E-state index is 13.5. The van der Waals surface area contributed by atoms with E-state index < -0.39 is 0 Å². The first-order valence-electron chi connectivity index (χ1n) is 12.1. The molecule has 1 amide bonds. The van der Waals surface area contributed by atoms with Gasteiger partial charge in [-0.25, -0.2) is 9.37 Å². The number of hydrogen-bond acceptors (Lipinski definition) is 5. The van der Waals surface area contributed by atoms with Crippen molar-refractivity contribution in [3.8, 4) is 0 Å². The second-order valence-corrected chi connectivity index (χ2v) is 8.88. The van der Waals surface area contributed by atoms with Crippen LogP contribution < -0.4 is 9.80 Å². The van der Waals surface area contributed by atoms with E-state index in [2.05, 4.69) is 39.0 Å². The average Bonchev–Trinajstić information content (AvgIpc) is 2.94. The lowest BCUT2D eigenvalue weighted by molar-refractivity contribution is 0.0984. The van der Waals surface area contributed by atoms with Gasteiger partial charge in [0.25, 0.3) is 5.91 Å². The third kappa shape index (κ3) is 5.75. The van der Waals surface area contributed by atoms with E-state index in [9.17, 15) is 9.18 Å². The first-order chi connectivity index (χ1) is 17.7. The third-order valence-corrected chi connectivity index (χ3v) is 6.39. The van der Waals surface area contributed by atoms with Crippen molar-refractivity contribution < 1.29 is 9.18 Å². The fraction of sp³-hybridized carbons (Fsp3) is 0.207. The highest BCUT2D eigenvalue weighted by atomic mass is 19.1. The molecule has 2 aromatic carbocycles. The van der Waals surface area contributed by atoms with Crippen LogP contribution >= 0.6 is 0 Å². The molecular formula is C29H28FN5O. The molecule has 4 aromatic rings. The van der Waals surface area contributed by atoms with Crippen LogP contribution in [0.3, 0.4) is 0 Å². The highest BCUT2D eigenvalue weighted by Gasteiger charge is 2.21. The molecule has 0 radical (unpaired) electrons. The number of piperazine rings is 1. The van der Waals surface area contributed by atoms with Crippen molar-refractivity contribution >= 4 is 17.4 Å². The third-order valence-electron chi connectivity index (χ3n) is 6.39. The number of carbonyl (C=O) groups excluding carboxylic acids is 1. The Hall–Kier alpha value is -4.10. The normalized spacial score (nSPS) is 14.0. The van der Waals surface area contributed by atoms with Crippen molar-refractivity contribution in [3.63, 3.8) is 0 Å². The summed E-state index contributed by atoms with van der Waals surface area (Å²) in [6.07, 6.45) is 4.99. The number of nitrogens with zero attached hydrogens (tertiary/aromatic N) is 5. The Labute approximate surface area is 210 Å². The second-order valence-electron chi connectivity index (χ2n) is 8.88. The smallest absolute Gasteiger partial charge is 0.260 e. The Morgan fingerprint density at radius 1 is 0.833 bits per heavy atom. The SMILES string of the molecule is O=C(c1cccnc1)N(Cc1ccc(N2CCN(Cc3ccccc3)CC2)nc1)c1ccc(F)cc1. The average molecular weight is 482 g/mol. The minimum absolute atomic E-state index is 0.201. The van der Waals surface area contributed by atoms with E-state index in [1.165, 1.54) is 23.9 Å². The molecule has 0 saturated carbocycles. The standard InChI is InChI=1S/C29H28FN5O/c30-26-9-11-27(12-10-26)35(29(36)25-7-4-14-31-20-25)22-24-8-13-28(32-19-24)34-17-15-33(16-18-34)21-23-5-2-1-3-6-23/h1-14,19-20H,15-18,21-22H2. The number of benzene rings is 2. The van der Waals surface area contributed by atoms with E-state index in [1.54, 1.807) is 35.4 Å². The lowest BCUT2D eigenvalue weighted by atomic mass is 10.1. The minimum Gasteiger partial charge on any atom is -0.354 e. The molecule has 1 fully saturated rings. The van der Waals surface area contributed by atoms with Crippen LogP contribution in [-0.2, 0) is 13.1 Å². The summed E-state index contributed by atoms with van der Waals surface area (Å²) in [5, 5.41) is 0. The molecule has 36 heavy (non-hydrogen) atoms. The number of pyridine rings is 2. The number of amides is 1. The van der Waals surface area contributed by atoms with Gasteiger partial charge < -0.3 is 9.80 Å². The summed E-state index contributed by atoms with van der Waals surface area (Å²) in [6.45, 7) is 5.08. The van der Waals surface area contributed by atoms with E-state index in [0.29, 0.717) is 17.8 Å². The van der Waals surface area contributed by atoms with Gasteiger partial charge in [-0.1, -0.05) is 36.4 Å². The first-order valence-corrected chi connectivity index (χ1v) is 12.1. The van der Waals surface area contributed by atoms with E-state index in [0.717, 1.165) is 44.1 Å². The molecule has 0 N–H and O–H groups in total. The van der Waals surface area contributed by atoms with E-state index in [4.69, 9.17) is 4.98 Å². The van der Waals surface area contributed by atoms with E-state index in [1.807, 2.05) is 24.4 Å². The fourth-order valence-corrected chi connectivity index (χ4v) is 4.40. The molecule has 0 spiro atoms. The monoisotopic (exact) mass is 481 g/mol. The molecule has 6 nitrogen and oxygen atoms in total. The number of aromatic nitrogens is 2. The van der Waals surface area contributed by atoms with Gasteiger partial charge in [-0.3, -0.25) is 14.7 Å². The van der Waals surface area contributed by atoms with Crippen LogP contribution in [0.4, 0.5) is 15.9 Å². The summed E-state index contributed by atoms with van der Waals surface area (Å²) in [4.78, 5) is 28.4. The molecule has 0 unspecified atom stereocenters. The zero-order chi connectivity index (χ0) is 24.7. The van der Waals surface area contributed by atoms with Crippen LogP contribution in [-0.4, -0.2) is 47.0 Å². The lowest BCUT2D eigenvalue weighted by Crippen LogP contribution is -2.46. The maximum absolute atomic E-state index is 13.5. The Morgan fingerprint density at radius 3 is 2.28 bits per heavy atom. The van der Waals surface area contributed by atoms with Crippen molar-refractivity contribution in [1.82, 2.24) is 14.9 Å². The Bertz CT molecular complexity index is 1260. The number of carbonyl (C=O) groups is 1. The molecule has 2 aromatic heterocycles. The van der Waals surface area contributed by atoms with Gasteiger partial charge >= 0.3 is 0 Å². The predicted octanol–water partition coefficient (Wildman–Crippen LogP) is 4.78. The molecule has 3 heterocycles. The number of halogens is 1. The van der Waals surface area contributed by atoms with Gasteiger partial charge in [0.1, 0.15) is 11.6 Å². The molecule has 1 aliphatic rings. The highest BCUT2D eigenvalue weighted by Crippen LogP contribution is 2.22. The lowest BCUT2D eigenvalue weighted by Gasteiger charge is -2.35. The number of anilines is 2. The summed E-state index contributed by atoms with van der Waals surface area (Å²) >= 11 is 0. The summed E-state index contributed by atoms with van der Waals surface area (Å²) in [5.41, 5.74) is 3.31. The second kappa shape index (κ2) is 11.1. The fourth-order valence-electron chi connectivity index (χ4n) is 4.40. The first kappa shape index (κ1) is 23.6. The van der Waals surface area contributed by atoms with Crippen molar-refractivity contribution in [3.05, 3.63) is 120 Å².